The maximum atomic E-state index is 13.4. The Morgan fingerprint density at radius 3 is 2.74 bits per heavy atom. The van der Waals surface area contributed by atoms with Gasteiger partial charge in [0.25, 0.3) is 5.56 Å². The number of halogens is 1. The largest absolute Gasteiger partial charge is 0.378 e. The molecule has 0 aliphatic carbocycles. The van der Waals surface area contributed by atoms with Crippen molar-refractivity contribution in [3.63, 3.8) is 0 Å². The minimum Gasteiger partial charge on any atom is -0.378 e. The van der Waals surface area contributed by atoms with E-state index in [1.54, 1.807) is 53.2 Å². The van der Waals surface area contributed by atoms with E-state index in [4.69, 9.17) is 4.74 Å². The summed E-state index contributed by atoms with van der Waals surface area (Å²) in [5.74, 6) is -0.317. The van der Waals surface area contributed by atoms with Crippen LogP contribution in [-0.2, 0) is 24.3 Å². The zero-order chi connectivity index (χ0) is 21.4. The molecule has 4 heterocycles. The Labute approximate surface area is 176 Å². The number of hydrogen-bond donors (Lipinski definition) is 1. The Balaban J connectivity index is 1.64. The Hall–Kier alpha value is -3.85. The zero-order valence-corrected chi connectivity index (χ0v) is 16.7. The molecule has 0 atom stereocenters. The molecule has 0 saturated heterocycles. The Morgan fingerprint density at radius 1 is 1.16 bits per heavy atom. The van der Waals surface area contributed by atoms with Crippen LogP contribution in [0, 0.1) is 5.82 Å². The molecule has 31 heavy (non-hydrogen) atoms. The fraction of sp³-hybridized carbons (Fsp3) is 0.182. The van der Waals surface area contributed by atoms with Crippen molar-refractivity contribution >= 4 is 16.6 Å². The molecular weight excluding hydrogens is 399 g/mol. The molecule has 5 rings (SSSR count). The van der Waals surface area contributed by atoms with Gasteiger partial charge in [-0.3, -0.25) is 4.79 Å². The summed E-state index contributed by atoms with van der Waals surface area (Å²) < 4.78 is 22.1. The fourth-order valence-corrected chi connectivity index (χ4v) is 3.74. The lowest BCUT2D eigenvalue weighted by Gasteiger charge is -2.07. The molecule has 0 saturated carbocycles. The summed E-state index contributed by atoms with van der Waals surface area (Å²) in [6.07, 6.45) is 7.36. The lowest BCUT2D eigenvalue weighted by Crippen LogP contribution is -2.21. The molecule has 0 radical (unpaired) electrons. The van der Waals surface area contributed by atoms with Gasteiger partial charge in [0.2, 0.25) is 0 Å². The lowest BCUT2D eigenvalue weighted by molar-refractivity contribution is 0.181. The van der Waals surface area contributed by atoms with Crippen LogP contribution in [0.1, 0.15) is 11.4 Å². The first-order chi connectivity index (χ1) is 15.2. The van der Waals surface area contributed by atoms with Crippen LogP contribution in [0.15, 0.2) is 60.0 Å². The summed E-state index contributed by atoms with van der Waals surface area (Å²) in [4.78, 5) is 24.6. The third-order valence-corrected chi connectivity index (χ3v) is 5.25. The van der Waals surface area contributed by atoms with Crippen LogP contribution in [0.4, 0.5) is 4.39 Å². The van der Waals surface area contributed by atoms with Gasteiger partial charge in [-0.1, -0.05) is 12.1 Å². The van der Waals surface area contributed by atoms with E-state index >= 15 is 0 Å². The normalized spacial score (nSPS) is 11.5. The molecular formula is C22H19FN6O2. The van der Waals surface area contributed by atoms with Crippen molar-refractivity contribution < 1.29 is 9.13 Å². The summed E-state index contributed by atoms with van der Waals surface area (Å²) in [6.45, 7) is 0.780. The number of aromatic amines is 1. The van der Waals surface area contributed by atoms with E-state index in [2.05, 4.69) is 20.1 Å². The Morgan fingerprint density at radius 2 is 2.00 bits per heavy atom. The zero-order valence-electron chi connectivity index (χ0n) is 16.7. The first-order valence-corrected chi connectivity index (χ1v) is 9.77. The van der Waals surface area contributed by atoms with E-state index in [-0.39, 0.29) is 18.0 Å². The Bertz CT molecular complexity index is 1420. The van der Waals surface area contributed by atoms with Crippen LogP contribution < -0.4 is 5.56 Å². The van der Waals surface area contributed by atoms with Gasteiger partial charge in [-0.05, 0) is 23.8 Å². The number of ether oxygens (including phenoxy) is 1. The quantitative estimate of drug-likeness (QED) is 0.458. The molecule has 0 bridgehead atoms. The molecule has 0 amide bonds. The average molecular weight is 418 g/mol. The second-order valence-corrected chi connectivity index (χ2v) is 7.20. The SMILES string of the molecule is COCc1nn2c(ncc3c(=O)n(CCc4cnc[nH]4)ccc32)c1-c1ccc(F)cc1. The second kappa shape index (κ2) is 7.77. The Kier molecular flexibility index (Phi) is 4.79. The van der Waals surface area contributed by atoms with E-state index in [0.29, 0.717) is 35.2 Å². The summed E-state index contributed by atoms with van der Waals surface area (Å²) in [7, 11) is 1.59. The smallest absolute Gasteiger partial charge is 0.261 e. The number of nitrogens with one attached hydrogen (secondary N) is 1. The van der Waals surface area contributed by atoms with Crippen molar-refractivity contribution in [3.8, 4) is 11.1 Å². The number of imidazole rings is 1. The van der Waals surface area contributed by atoms with Crippen LogP contribution in [-0.4, -0.2) is 36.2 Å². The summed E-state index contributed by atoms with van der Waals surface area (Å²) >= 11 is 0. The maximum Gasteiger partial charge on any atom is 0.261 e. The van der Waals surface area contributed by atoms with Crippen molar-refractivity contribution in [1.29, 1.82) is 0 Å². The highest BCUT2D eigenvalue weighted by Gasteiger charge is 2.18. The summed E-state index contributed by atoms with van der Waals surface area (Å²) in [5, 5.41) is 5.13. The number of H-pyrrole nitrogens is 1. The molecule has 1 aromatic carbocycles. The number of aromatic nitrogens is 6. The van der Waals surface area contributed by atoms with Crippen LogP contribution in [0.3, 0.4) is 0 Å². The highest BCUT2D eigenvalue weighted by molar-refractivity contribution is 5.86. The standard InChI is InChI=1S/C22H19FN6O2/c1-31-12-18-20(14-2-4-15(23)5-3-14)21-25-11-17-19(29(21)27-18)7-9-28(22(17)30)8-6-16-10-24-13-26-16/h2-5,7,9-11,13H,6,8,12H2,1H3,(H,24,26). The molecule has 0 unspecified atom stereocenters. The maximum absolute atomic E-state index is 13.4. The molecule has 5 aromatic rings. The minimum absolute atomic E-state index is 0.140. The average Bonchev–Trinajstić information content (AvgIpc) is 3.42. The topological polar surface area (TPSA) is 90.1 Å². The van der Waals surface area contributed by atoms with Gasteiger partial charge in [-0.2, -0.15) is 5.10 Å². The third-order valence-electron chi connectivity index (χ3n) is 5.25. The van der Waals surface area contributed by atoms with Gasteiger partial charge in [0.05, 0.1) is 35.1 Å². The number of fused-ring (bicyclic) bond motifs is 3. The van der Waals surface area contributed by atoms with E-state index in [1.165, 1.54) is 12.1 Å². The molecule has 0 aliphatic rings. The van der Waals surface area contributed by atoms with Crippen LogP contribution in [0.25, 0.3) is 27.7 Å². The highest BCUT2D eigenvalue weighted by atomic mass is 19.1. The molecule has 8 nitrogen and oxygen atoms in total. The van der Waals surface area contributed by atoms with Gasteiger partial charge in [0, 0.05) is 44.4 Å². The van der Waals surface area contributed by atoms with E-state index in [0.717, 1.165) is 16.8 Å². The van der Waals surface area contributed by atoms with Crippen molar-refractivity contribution in [2.45, 2.75) is 19.6 Å². The van der Waals surface area contributed by atoms with Crippen molar-refractivity contribution in [2.24, 2.45) is 0 Å². The van der Waals surface area contributed by atoms with E-state index < -0.39 is 0 Å². The highest BCUT2D eigenvalue weighted by Crippen LogP contribution is 2.29. The van der Waals surface area contributed by atoms with Crippen LogP contribution in [0.5, 0.6) is 0 Å². The molecule has 0 fully saturated rings. The van der Waals surface area contributed by atoms with Crippen LogP contribution >= 0.6 is 0 Å². The van der Waals surface area contributed by atoms with Gasteiger partial charge in [0.15, 0.2) is 5.65 Å². The predicted molar refractivity (Wildman–Crippen MR) is 113 cm³/mol. The molecule has 1 N–H and O–H groups in total. The molecule has 4 aromatic heterocycles. The number of rotatable bonds is 6. The second-order valence-electron chi connectivity index (χ2n) is 7.20. The van der Waals surface area contributed by atoms with Crippen molar-refractivity contribution in [2.75, 3.05) is 7.11 Å². The summed E-state index contributed by atoms with van der Waals surface area (Å²) in [5.41, 5.74) is 4.26. The summed E-state index contributed by atoms with van der Waals surface area (Å²) in [6, 6.07) is 8.02. The van der Waals surface area contributed by atoms with Gasteiger partial charge >= 0.3 is 0 Å². The number of hydrogen-bond acceptors (Lipinski definition) is 5. The fourth-order valence-electron chi connectivity index (χ4n) is 3.74. The van der Waals surface area contributed by atoms with Gasteiger partial charge in [0.1, 0.15) is 5.82 Å². The van der Waals surface area contributed by atoms with Gasteiger partial charge < -0.3 is 14.3 Å². The predicted octanol–water partition coefficient (Wildman–Crippen LogP) is 2.96. The number of nitrogens with zero attached hydrogens (tertiary/aromatic N) is 5. The number of aryl methyl sites for hydroxylation is 2. The van der Waals surface area contributed by atoms with E-state index in [1.807, 2.05) is 6.07 Å². The lowest BCUT2D eigenvalue weighted by atomic mass is 10.1. The molecule has 0 aliphatic heterocycles. The minimum atomic E-state index is -0.317. The van der Waals surface area contributed by atoms with E-state index in [9.17, 15) is 9.18 Å². The van der Waals surface area contributed by atoms with Crippen LogP contribution in [0.2, 0.25) is 0 Å². The number of benzene rings is 1. The van der Waals surface area contributed by atoms with Crippen molar-refractivity contribution in [3.05, 3.63) is 82.8 Å². The van der Waals surface area contributed by atoms with Crippen molar-refractivity contribution in [1.82, 2.24) is 29.1 Å². The first-order valence-electron chi connectivity index (χ1n) is 9.77. The third kappa shape index (κ3) is 3.38. The first kappa shape index (κ1) is 19.1. The number of methoxy groups -OCH3 is 1. The monoisotopic (exact) mass is 418 g/mol. The molecule has 156 valence electrons. The van der Waals surface area contributed by atoms with Gasteiger partial charge in [-0.25, -0.2) is 18.9 Å². The molecule has 9 heteroatoms. The number of pyridine rings is 1. The molecule has 0 spiro atoms. The van der Waals surface area contributed by atoms with Gasteiger partial charge in [-0.15, -0.1) is 0 Å².